The maximum Gasteiger partial charge on any atom is 0.189 e. The summed E-state index contributed by atoms with van der Waals surface area (Å²) >= 11 is 1.64. The van der Waals surface area contributed by atoms with Crippen molar-refractivity contribution in [1.29, 1.82) is 0 Å². The van der Waals surface area contributed by atoms with Gasteiger partial charge < -0.3 is 4.90 Å². The Kier molecular flexibility index (Phi) is 6.94. The Morgan fingerprint density at radius 2 is 1.44 bits per heavy atom. The lowest BCUT2D eigenvalue weighted by Gasteiger charge is -2.14. The molecule has 0 N–H and O–H groups in total. The minimum Gasteiger partial charge on any atom is -0.338 e. The third-order valence-electron chi connectivity index (χ3n) is 6.79. The molecule has 2 heterocycles. The Bertz CT molecular complexity index is 1760. The predicted molar refractivity (Wildman–Crippen MR) is 164 cm³/mol. The summed E-state index contributed by atoms with van der Waals surface area (Å²) in [4.78, 5) is 20.5. The van der Waals surface area contributed by atoms with E-state index in [0.29, 0.717) is 0 Å². The quantitative estimate of drug-likeness (QED) is 0.171. The molecule has 0 saturated heterocycles. The second kappa shape index (κ2) is 11.0. The molecule has 0 bridgehead atoms. The summed E-state index contributed by atoms with van der Waals surface area (Å²) in [5.41, 5.74) is 5.31. The molecule has 4 heteroatoms. The van der Waals surface area contributed by atoms with Crippen LogP contribution in [0.1, 0.15) is 10.4 Å². The van der Waals surface area contributed by atoms with Crippen molar-refractivity contribution in [2.45, 2.75) is 4.90 Å². The molecule has 6 aromatic rings. The zero-order valence-corrected chi connectivity index (χ0v) is 22.3. The first kappa shape index (κ1) is 24.7. The van der Waals surface area contributed by atoms with Gasteiger partial charge >= 0.3 is 0 Å². The number of carbonyl (C=O) groups is 1. The SMILES string of the molecule is CN1C(=CC(=O)c2cccc3ccccc23)Sc2ccc(-c3ccccc3)cc21.c1ccc2ncccc2c1. The van der Waals surface area contributed by atoms with Gasteiger partial charge in [0, 0.05) is 35.2 Å². The number of hydrogen-bond acceptors (Lipinski definition) is 4. The number of ketones is 1. The molecule has 39 heavy (non-hydrogen) atoms. The van der Waals surface area contributed by atoms with Gasteiger partial charge in [0.05, 0.1) is 16.2 Å². The molecule has 5 aromatic carbocycles. The molecule has 0 radical (unpaired) electrons. The second-order valence-electron chi connectivity index (χ2n) is 9.28. The van der Waals surface area contributed by atoms with Crippen LogP contribution in [0.2, 0.25) is 0 Å². The Morgan fingerprint density at radius 1 is 0.718 bits per heavy atom. The van der Waals surface area contributed by atoms with E-state index < -0.39 is 0 Å². The van der Waals surface area contributed by atoms with E-state index in [9.17, 15) is 4.79 Å². The number of fused-ring (bicyclic) bond motifs is 3. The van der Waals surface area contributed by atoms with E-state index in [0.717, 1.165) is 32.6 Å². The van der Waals surface area contributed by atoms with Gasteiger partial charge in [-0.1, -0.05) is 115 Å². The molecule has 0 saturated carbocycles. The molecule has 0 unspecified atom stereocenters. The monoisotopic (exact) mass is 522 g/mol. The van der Waals surface area contributed by atoms with Crippen LogP contribution in [0, 0.1) is 0 Å². The maximum absolute atomic E-state index is 13.1. The van der Waals surface area contributed by atoms with Crippen molar-refractivity contribution in [3.63, 3.8) is 0 Å². The van der Waals surface area contributed by atoms with Crippen molar-refractivity contribution in [1.82, 2.24) is 4.98 Å². The van der Waals surface area contributed by atoms with Crippen LogP contribution >= 0.6 is 11.8 Å². The first-order chi connectivity index (χ1) is 19.2. The highest BCUT2D eigenvalue weighted by atomic mass is 32.2. The Balaban J connectivity index is 0.000000231. The van der Waals surface area contributed by atoms with Crippen LogP contribution in [0.25, 0.3) is 32.8 Å². The molecule has 1 aliphatic heterocycles. The molecule has 0 atom stereocenters. The highest BCUT2D eigenvalue weighted by Gasteiger charge is 2.24. The first-order valence-electron chi connectivity index (χ1n) is 12.8. The van der Waals surface area contributed by atoms with Crippen LogP contribution in [0.5, 0.6) is 0 Å². The summed E-state index contributed by atoms with van der Waals surface area (Å²) in [5, 5.41) is 4.22. The van der Waals surface area contributed by atoms with Gasteiger partial charge in [-0.15, -0.1) is 0 Å². The van der Waals surface area contributed by atoms with Gasteiger partial charge in [-0.05, 0) is 46.2 Å². The summed E-state index contributed by atoms with van der Waals surface area (Å²) < 4.78 is 0. The van der Waals surface area contributed by atoms with Crippen LogP contribution in [0.3, 0.4) is 0 Å². The number of anilines is 1. The largest absolute Gasteiger partial charge is 0.338 e. The third kappa shape index (κ3) is 5.20. The average Bonchev–Trinajstić information content (AvgIpc) is 3.31. The van der Waals surface area contributed by atoms with Gasteiger partial charge in [0.2, 0.25) is 0 Å². The number of nitrogens with zero attached hydrogens (tertiary/aromatic N) is 2. The van der Waals surface area contributed by atoms with Crippen molar-refractivity contribution < 1.29 is 4.79 Å². The highest BCUT2D eigenvalue weighted by Crippen LogP contribution is 2.46. The number of pyridine rings is 1. The molecule has 1 aromatic heterocycles. The number of aromatic nitrogens is 1. The van der Waals surface area contributed by atoms with Crippen molar-refractivity contribution in [2.75, 3.05) is 11.9 Å². The zero-order valence-electron chi connectivity index (χ0n) is 21.5. The predicted octanol–water partition coefficient (Wildman–Crippen LogP) is 9.01. The number of allylic oxidation sites excluding steroid dienone is 1. The van der Waals surface area contributed by atoms with Crippen LogP contribution < -0.4 is 4.90 Å². The lowest BCUT2D eigenvalue weighted by atomic mass is 10.0. The van der Waals surface area contributed by atoms with Crippen LogP contribution in [0.15, 0.2) is 150 Å². The molecule has 0 aliphatic carbocycles. The van der Waals surface area contributed by atoms with E-state index >= 15 is 0 Å². The minimum atomic E-state index is 0.0345. The molecular formula is C35H26N2OS. The maximum atomic E-state index is 13.1. The number of carbonyl (C=O) groups excluding carboxylic acids is 1. The van der Waals surface area contributed by atoms with E-state index in [1.807, 2.05) is 86.0 Å². The summed E-state index contributed by atoms with van der Waals surface area (Å²) in [7, 11) is 2.02. The summed E-state index contributed by atoms with van der Waals surface area (Å²) in [6, 6.07) is 42.8. The van der Waals surface area contributed by atoms with Gasteiger partial charge in [0.25, 0.3) is 0 Å². The number of thioether (sulfide) groups is 1. The molecule has 0 spiro atoms. The Morgan fingerprint density at radius 3 is 2.28 bits per heavy atom. The average molecular weight is 523 g/mol. The summed E-state index contributed by atoms with van der Waals surface area (Å²) in [5.74, 6) is 0.0345. The van der Waals surface area contributed by atoms with E-state index in [1.54, 1.807) is 17.8 Å². The first-order valence-corrected chi connectivity index (χ1v) is 13.6. The number of hydrogen-bond donors (Lipinski definition) is 0. The van der Waals surface area contributed by atoms with Gasteiger partial charge in [0.15, 0.2) is 5.78 Å². The molecule has 188 valence electrons. The number of benzene rings is 5. The lowest BCUT2D eigenvalue weighted by molar-refractivity contribution is 0.104. The van der Waals surface area contributed by atoms with Crippen molar-refractivity contribution >= 4 is 44.9 Å². The van der Waals surface area contributed by atoms with Gasteiger partial charge in [-0.25, -0.2) is 0 Å². The van der Waals surface area contributed by atoms with Crippen LogP contribution in [-0.2, 0) is 0 Å². The van der Waals surface area contributed by atoms with Crippen molar-refractivity contribution in [3.05, 3.63) is 150 Å². The Hall–Kier alpha value is -4.67. The van der Waals surface area contributed by atoms with Crippen LogP contribution in [-0.4, -0.2) is 17.8 Å². The normalized spacial score (nSPS) is 13.3. The third-order valence-corrected chi connectivity index (χ3v) is 7.96. The molecule has 0 fully saturated rings. The van der Waals surface area contributed by atoms with Crippen LogP contribution in [0.4, 0.5) is 5.69 Å². The summed E-state index contributed by atoms with van der Waals surface area (Å²) in [6.07, 6.45) is 3.57. The smallest absolute Gasteiger partial charge is 0.189 e. The Labute approximate surface area is 232 Å². The zero-order chi connectivity index (χ0) is 26.6. The molecule has 0 amide bonds. The molecular weight excluding hydrogens is 496 g/mol. The highest BCUT2D eigenvalue weighted by molar-refractivity contribution is 8.03. The van der Waals surface area contributed by atoms with Crippen molar-refractivity contribution in [2.24, 2.45) is 0 Å². The number of rotatable bonds is 3. The molecule has 7 rings (SSSR count). The van der Waals surface area contributed by atoms with Gasteiger partial charge in [-0.3, -0.25) is 9.78 Å². The van der Waals surface area contributed by atoms with Gasteiger partial charge in [0.1, 0.15) is 0 Å². The van der Waals surface area contributed by atoms with E-state index in [4.69, 9.17) is 0 Å². The topological polar surface area (TPSA) is 33.2 Å². The fourth-order valence-electron chi connectivity index (χ4n) is 4.75. The number of para-hydroxylation sites is 1. The van der Waals surface area contributed by atoms with E-state index in [-0.39, 0.29) is 5.78 Å². The standard InChI is InChI=1S/C26H19NOS.C9H7N/c1-27-23-16-20(18-8-3-2-4-9-18)14-15-25(23)29-26(27)17-24(28)22-13-7-11-19-10-5-6-12-21(19)22;1-2-6-9-8(4-1)5-3-7-10-9/h2-17H,1H3;1-7H. The fraction of sp³-hybridized carbons (Fsp3) is 0.0286. The second-order valence-corrected chi connectivity index (χ2v) is 10.3. The van der Waals surface area contributed by atoms with E-state index in [2.05, 4.69) is 64.5 Å². The molecule has 1 aliphatic rings. The fourth-order valence-corrected chi connectivity index (χ4v) is 5.81. The van der Waals surface area contributed by atoms with Crippen molar-refractivity contribution in [3.8, 4) is 11.1 Å². The lowest BCUT2D eigenvalue weighted by Crippen LogP contribution is -2.11. The summed E-state index contributed by atoms with van der Waals surface area (Å²) in [6.45, 7) is 0. The van der Waals surface area contributed by atoms with E-state index in [1.165, 1.54) is 21.4 Å². The minimum absolute atomic E-state index is 0.0345. The van der Waals surface area contributed by atoms with Gasteiger partial charge in [-0.2, -0.15) is 0 Å². The molecule has 3 nitrogen and oxygen atoms in total.